The highest BCUT2D eigenvalue weighted by molar-refractivity contribution is 6.55. The Hall–Kier alpha value is 0.320. The van der Waals surface area contributed by atoms with Crippen LogP contribution in [0.2, 0.25) is 0 Å². The number of rotatable bonds is 0. The Labute approximate surface area is 35.0 Å². The van der Waals surface area contributed by atoms with Crippen LogP contribution in [-0.4, -0.2) is 0 Å². The molecule has 0 fully saturated rings. The van der Waals surface area contributed by atoms with E-state index in [0.29, 0.717) is 0 Å². The molecular formula is C2H2Cl2. The molecule has 0 N–H and O–H groups in total. The Balaban J connectivity index is 2.80. The second-order valence-electron chi connectivity index (χ2n) is 0.339. The van der Waals surface area contributed by atoms with Crippen molar-refractivity contribution in [2.75, 3.05) is 0 Å². The second-order valence-corrected chi connectivity index (χ2v) is 1.44. The molecule has 0 amide bonds. The first-order chi connectivity index (χ1) is 1.73. The van der Waals surface area contributed by atoms with Crippen LogP contribution < -0.4 is 0 Å². The first-order valence-electron chi connectivity index (χ1n) is 0.732. The molecule has 0 aromatic carbocycles. The molecule has 4 heavy (non-hydrogen) atoms. The van der Waals surface area contributed by atoms with E-state index in [1.807, 2.05) is 0 Å². The molecule has 0 aromatic rings. The van der Waals surface area contributed by atoms with E-state index in [9.17, 15) is 0 Å². The van der Waals surface area contributed by atoms with Crippen LogP contribution in [-0.2, 0) is 0 Å². The van der Waals surface area contributed by atoms with E-state index in [2.05, 4.69) is 6.58 Å². The van der Waals surface area contributed by atoms with Crippen molar-refractivity contribution in [3.05, 3.63) is 11.1 Å². The van der Waals surface area contributed by atoms with E-state index in [-0.39, 0.29) is 4.49 Å². The normalized spacial score (nSPS) is 6.50. The number of halogens is 2. The molecule has 2 heteroatoms. The summed E-state index contributed by atoms with van der Waals surface area (Å²) in [7, 11) is 0. The lowest BCUT2D eigenvalue weighted by molar-refractivity contribution is 2.45. The van der Waals surface area contributed by atoms with E-state index in [4.69, 9.17) is 23.2 Å². The fourth-order valence-corrected chi connectivity index (χ4v) is 0. The van der Waals surface area contributed by atoms with E-state index in [0.717, 1.165) is 0 Å². The van der Waals surface area contributed by atoms with Gasteiger partial charge in [0.05, 0.1) is 4.49 Å². The zero-order chi connectivity index (χ0) is 3.58. The Morgan fingerprint density at radius 1 is 1.50 bits per heavy atom. The molecule has 24 valence electrons. The lowest BCUT2D eigenvalue weighted by atomic mass is 11.3. The molecule has 0 rings (SSSR count). The Kier molecular flexibility index (Phi) is 1.75. The van der Waals surface area contributed by atoms with Crippen molar-refractivity contribution in [1.82, 2.24) is 0 Å². The third-order valence-electron chi connectivity index (χ3n) is 0. The van der Waals surface area contributed by atoms with Gasteiger partial charge in [-0.2, -0.15) is 0 Å². The van der Waals surface area contributed by atoms with Crippen molar-refractivity contribution in [2.24, 2.45) is 0 Å². The Bertz CT molecular complexity index is 27.0. The lowest BCUT2D eigenvalue weighted by Gasteiger charge is -1.57. The van der Waals surface area contributed by atoms with Crippen molar-refractivity contribution >= 4 is 23.2 Å². The molecule has 0 unspecified atom stereocenters. The van der Waals surface area contributed by atoms with E-state index < -0.39 is 0 Å². The number of hydrogen-bond acceptors (Lipinski definition) is 0. The molecular weight excluding hydrogens is 94.0 g/mol. The van der Waals surface area contributed by atoms with Crippen LogP contribution in [0.1, 0.15) is 0 Å². The van der Waals surface area contributed by atoms with Crippen LogP contribution >= 0.6 is 23.2 Å². The SMILES string of the molecule is C=C([35Cl])[35Cl]. The molecule has 0 aliphatic rings. The molecule has 0 aliphatic heterocycles. The molecule has 0 atom stereocenters. The minimum atomic E-state index is 0.111. The molecule has 0 radical (unpaired) electrons. The fraction of sp³-hybridized carbons (Fsp3) is 0. The van der Waals surface area contributed by atoms with Gasteiger partial charge in [0.2, 0.25) is 0 Å². The molecule has 0 spiro atoms. The maximum absolute atomic E-state index is 4.85. The van der Waals surface area contributed by atoms with Gasteiger partial charge in [-0.25, -0.2) is 0 Å². The van der Waals surface area contributed by atoms with Gasteiger partial charge in [0, 0.05) is 0 Å². The van der Waals surface area contributed by atoms with Gasteiger partial charge in [-0.1, -0.05) is 29.8 Å². The Morgan fingerprint density at radius 3 is 1.50 bits per heavy atom. The molecule has 0 heterocycles. The minimum absolute atomic E-state index is 0.111. The van der Waals surface area contributed by atoms with Crippen LogP contribution in [0.5, 0.6) is 0 Å². The second kappa shape index (κ2) is 1.62. The summed E-state index contributed by atoms with van der Waals surface area (Å²) in [5.74, 6) is 0. The molecule has 0 nitrogen and oxygen atoms in total. The fourth-order valence-electron chi connectivity index (χ4n) is 0. The molecule has 0 aliphatic carbocycles. The summed E-state index contributed by atoms with van der Waals surface area (Å²) in [4.78, 5) is 0. The van der Waals surface area contributed by atoms with Crippen LogP contribution in [0.4, 0.5) is 0 Å². The van der Waals surface area contributed by atoms with Gasteiger partial charge in [-0.05, 0) is 0 Å². The summed E-state index contributed by atoms with van der Waals surface area (Å²) in [6.07, 6.45) is 0. The van der Waals surface area contributed by atoms with Crippen molar-refractivity contribution < 1.29 is 0 Å². The maximum atomic E-state index is 4.85. The van der Waals surface area contributed by atoms with Crippen molar-refractivity contribution in [3.8, 4) is 0 Å². The average Bonchev–Trinajstić information content (AvgIpc) is 0.811. The van der Waals surface area contributed by atoms with Gasteiger partial charge >= 0.3 is 0 Å². The van der Waals surface area contributed by atoms with Gasteiger partial charge in [0.15, 0.2) is 0 Å². The monoisotopic (exact) mass is 96.0 g/mol. The number of hydrogen-bond donors (Lipinski definition) is 0. The standard InChI is InChI=1S/C2H2Cl2/c1-2(3)4/h1H2/i3+0,4+0. The quantitative estimate of drug-likeness (QED) is 0.432. The lowest BCUT2D eigenvalue weighted by Crippen LogP contribution is -1.24. The summed E-state index contributed by atoms with van der Waals surface area (Å²) < 4.78 is 0.111. The molecule has 0 saturated carbocycles. The summed E-state index contributed by atoms with van der Waals surface area (Å²) in [6.45, 7) is 3.09. The highest BCUT2D eigenvalue weighted by Crippen LogP contribution is 1.98. The predicted octanol–water partition coefficient (Wildman–Crippen LogP) is 1.94. The minimum Gasteiger partial charge on any atom is -0.0716 e. The van der Waals surface area contributed by atoms with Crippen molar-refractivity contribution in [1.29, 1.82) is 0 Å². The van der Waals surface area contributed by atoms with Gasteiger partial charge in [0.1, 0.15) is 0 Å². The van der Waals surface area contributed by atoms with Crippen LogP contribution in [0.15, 0.2) is 11.1 Å². The van der Waals surface area contributed by atoms with Crippen LogP contribution in [0, 0.1) is 0 Å². The van der Waals surface area contributed by atoms with Gasteiger partial charge < -0.3 is 0 Å². The van der Waals surface area contributed by atoms with Crippen LogP contribution in [0.3, 0.4) is 0 Å². The highest BCUT2D eigenvalue weighted by Gasteiger charge is 1.60. The Morgan fingerprint density at radius 2 is 1.50 bits per heavy atom. The first kappa shape index (κ1) is 4.32. The largest absolute Gasteiger partial charge is 0.0992 e. The summed E-state index contributed by atoms with van der Waals surface area (Å²) in [5.41, 5.74) is 0. The zero-order valence-electron chi connectivity index (χ0n) is 1.96. The maximum Gasteiger partial charge on any atom is 0.0992 e. The topological polar surface area (TPSA) is 0 Å². The van der Waals surface area contributed by atoms with Gasteiger partial charge in [0.25, 0.3) is 0 Å². The van der Waals surface area contributed by atoms with E-state index in [1.54, 1.807) is 0 Å². The van der Waals surface area contributed by atoms with Crippen molar-refractivity contribution in [2.45, 2.75) is 0 Å². The van der Waals surface area contributed by atoms with Crippen molar-refractivity contribution in [3.63, 3.8) is 0 Å². The third kappa shape index (κ3) is 39.5. The summed E-state index contributed by atoms with van der Waals surface area (Å²) >= 11 is 9.69. The van der Waals surface area contributed by atoms with Gasteiger partial charge in [-0.15, -0.1) is 0 Å². The smallest absolute Gasteiger partial charge is 0.0716 e. The highest BCUT2D eigenvalue weighted by atomic mass is 35.1. The molecule has 0 saturated heterocycles. The van der Waals surface area contributed by atoms with E-state index in [1.165, 1.54) is 0 Å². The molecule has 0 aromatic heterocycles. The average molecular weight is 96.0 g/mol. The first-order valence-corrected chi connectivity index (χ1v) is 1.49. The zero-order valence-corrected chi connectivity index (χ0v) is 3.47. The van der Waals surface area contributed by atoms with Gasteiger partial charge in [-0.3, -0.25) is 0 Å². The predicted molar refractivity (Wildman–Crippen MR) is 20.8 cm³/mol. The van der Waals surface area contributed by atoms with Crippen LogP contribution in [0.25, 0.3) is 0 Å². The third-order valence-corrected chi connectivity index (χ3v) is 0. The summed E-state index contributed by atoms with van der Waals surface area (Å²) in [6, 6.07) is 0. The van der Waals surface area contributed by atoms with E-state index >= 15 is 0 Å². The molecule has 0 bridgehead atoms. The summed E-state index contributed by atoms with van der Waals surface area (Å²) in [5, 5.41) is 0.